The van der Waals surface area contributed by atoms with E-state index in [1.165, 1.54) is 34.4 Å². The summed E-state index contributed by atoms with van der Waals surface area (Å²) in [4.78, 5) is 0. The highest BCUT2D eigenvalue weighted by atomic mass is 19.4. The van der Waals surface area contributed by atoms with Gasteiger partial charge in [-0.05, 0) is 71.4 Å². The molecule has 142 valence electrons. The molecule has 2 aromatic carbocycles. The van der Waals surface area contributed by atoms with E-state index in [1.54, 1.807) is 0 Å². The van der Waals surface area contributed by atoms with Gasteiger partial charge in [-0.25, -0.2) is 0 Å². The third kappa shape index (κ3) is 3.25. The Kier molecular flexibility index (Phi) is 4.65. The first-order chi connectivity index (χ1) is 11.9. The first-order valence-corrected chi connectivity index (χ1v) is 9.53. The summed E-state index contributed by atoms with van der Waals surface area (Å²) in [7, 11) is 0. The van der Waals surface area contributed by atoms with Crippen molar-refractivity contribution in [3.63, 3.8) is 0 Å². The fourth-order valence-electron chi connectivity index (χ4n) is 4.51. The van der Waals surface area contributed by atoms with E-state index in [-0.39, 0.29) is 24.2 Å². The molecule has 0 aliphatic heterocycles. The number of fused-ring (bicyclic) bond motifs is 1. The van der Waals surface area contributed by atoms with Crippen LogP contribution in [-0.2, 0) is 5.41 Å². The fraction of sp³-hybridized carbons (Fsp3) is 0.565. The lowest BCUT2D eigenvalue weighted by Crippen LogP contribution is -2.38. The number of hydrogen-bond acceptors (Lipinski definition) is 0. The van der Waals surface area contributed by atoms with Gasteiger partial charge in [-0.2, -0.15) is 13.2 Å². The summed E-state index contributed by atoms with van der Waals surface area (Å²) in [6, 6.07) is 10.6. The lowest BCUT2D eigenvalue weighted by molar-refractivity contribution is -0.228. The predicted molar refractivity (Wildman–Crippen MR) is 103 cm³/mol. The van der Waals surface area contributed by atoms with Crippen LogP contribution in [0, 0.1) is 12.3 Å². The zero-order valence-electron chi connectivity index (χ0n) is 16.4. The van der Waals surface area contributed by atoms with Gasteiger partial charge in [-0.3, -0.25) is 0 Å². The number of alkyl halides is 3. The lowest BCUT2D eigenvalue weighted by atomic mass is 9.68. The summed E-state index contributed by atoms with van der Waals surface area (Å²) in [6.07, 6.45) is -2.47. The zero-order chi connectivity index (χ0) is 19.3. The number of benzene rings is 2. The minimum Gasteiger partial charge on any atom is -0.171 e. The molecular formula is C23H29F3. The van der Waals surface area contributed by atoms with Gasteiger partial charge in [0.2, 0.25) is 0 Å². The van der Waals surface area contributed by atoms with Crippen LogP contribution < -0.4 is 0 Å². The van der Waals surface area contributed by atoms with Crippen molar-refractivity contribution in [2.75, 3.05) is 0 Å². The summed E-state index contributed by atoms with van der Waals surface area (Å²) >= 11 is 0. The average molecular weight is 362 g/mol. The Balaban J connectivity index is 2.05. The van der Waals surface area contributed by atoms with Crippen molar-refractivity contribution >= 4 is 10.8 Å². The number of aryl methyl sites for hydroxylation is 1. The molecule has 0 heterocycles. The van der Waals surface area contributed by atoms with Crippen LogP contribution in [0.5, 0.6) is 0 Å². The van der Waals surface area contributed by atoms with Crippen LogP contribution in [0.25, 0.3) is 10.8 Å². The van der Waals surface area contributed by atoms with Gasteiger partial charge in [0, 0.05) is 0 Å². The van der Waals surface area contributed by atoms with Gasteiger partial charge in [0.05, 0.1) is 5.41 Å². The molecule has 1 fully saturated rings. The van der Waals surface area contributed by atoms with E-state index in [0.717, 1.165) is 0 Å². The molecule has 3 rings (SSSR count). The van der Waals surface area contributed by atoms with Crippen LogP contribution in [0.15, 0.2) is 30.3 Å². The fourth-order valence-corrected chi connectivity index (χ4v) is 4.51. The van der Waals surface area contributed by atoms with Gasteiger partial charge in [0.15, 0.2) is 0 Å². The Morgan fingerprint density at radius 2 is 1.50 bits per heavy atom. The molecule has 2 aromatic rings. The largest absolute Gasteiger partial charge is 0.394 e. The van der Waals surface area contributed by atoms with E-state index >= 15 is 0 Å². The van der Waals surface area contributed by atoms with Gasteiger partial charge < -0.3 is 0 Å². The minimum atomic E-state index is -4.11. The highest BCUT2D eigenvalue weighted by Gasteiger charge is 2.52. The second-order valence-corrected chi connectivity index (χ2v) is 9.27. The van der Waals surface area contributed by atoms with E-state index in [4.69, 9.17) is 0 Å². The van der Waals surface area contributed by atoms with Gasteiger partial charge in [0.1, 0.15) is 0 Å². The van der Waals surface area contributed by atoms with E-state index in [1.807, 2.05) is 12.1 Å². The molecule has 0 aromatic heterocycles. The molecule has 0 atom stereocenters. The first kappa shape index (κ1) is 19.3. The molecule has 0 amide bonds. The highest BCUT2D eigenvalue weighted by Crippen LogP contribution is 2.52. The van der Waals surface area contributed by atoms with Crippen molar-refractivity contribution in [3.05, 3.63) is 47.0 Å². The molecule has 26 heavy (non-hydrogen) atoms. The Hall–Kier alpha value is -1.51. The normalized spacial score (nSPS) is 24.8. The molecular weight excluding hydrogens is 333 g/mol. The van der Waals surface area contributed by atoms with Crippen molar-refractivity contribution in [1.29, 1.82) is 0 Å². The number of rotatable bonds is 1. The maximum absolute atomic E-state index is 13.4. The van der Waals surface area contributed by atoms with Gasteiger partial charge in [0.25, 0.3) is 0 Å². The summed E-state index contributed by atoms with van der Waals surface area (Å²) in [5.74, 6) is 0.206. The third-order valence-corrected chi connectivity index (χ3v) is 6.37. The molecule has 0 N–H and O–H groups in total. The predicted octanol–water partition coefficient (Wildman–Crippen LogP) is 7.67. The van der Waals surface area contributed by atoms with Crippen molar-refractivity contribution in [1.82, 2.24) is 0 Å². The maximum atomic E-state index is 13.4. The van der Waals surface area contributed by atoms with Crippen LogP contribution in [0.4, 0.5) is 13.2 Å². The second kappa shape index (κ2) is 6.28. The van der Waals surface area contributed by atoms with Crippen LogP contribution in [0.3, 0.4) is 0 Å². The maximum Gasteiger partial charge on any atom is 0.394 e. The Morgan fingerprint density at radius 1 is 0.962 bits per heavy atom. The first-order valence-electron chi connectivity index (χ1n) is 9.53. The summed E-state index contributed by atoms with van der Waals surface area (Å²) in [6.45, 7) is 10.2. The molecule has 1 aliphatic rings. The number of hydrogen-bond donors (Lipinski definition) is 0. The van der Waals surface area contributed by atoms with Crippen molar-refractivity contribution < 1.29 is 13.2 Å². The van der Waals surface area contributed by atoms with Crippen molar-refractivity contribution in [2.24, 2.45) is 5.41 Å². The quantitative estimate of drug-likeness (QED) is 0.488. The van der Waals surface area contributed by atoms with E-state index < -0.39 is 11.6 Å². The van der Waals surface area contributed by atoms with Crippen LogP contribution >= 0.6 is 0 Å². The van der Waals surface area contributed by atoms with E-state index in [9.17, 15) is 13.2 Å². The van der Waals surface area contributed by atoms with E-state index in [0.29, 0.717) is 12.8 Å². The Morgan fingerprint density at radius 3 is 2.00 bits per heavy atom. The molecule has 1 aliphatic carbocycles. The zero-order valence-corrected chi connectivity index (χ0v) is 16.4. The monoisotopic (exact) mass is 362 g/mol. The average Bonchev–Trinajstić information content (AvgIpc) is 2.54. The molecule has 0 unspecified atom stereocenters. The smallest absolute Gasteiger partial charge is 0.171 e. The Labute approximate surface area is 154 Å². The third-order valence-electron chi connectivity index (χ3n) is 6.37. The summed E-state index contributed by atoms with van der Waals surface area (Å²) in [5.41, 5.74) is 2.30. The molecule has 0 radical (unpaired) electrons. The summed E-state index contributed by atoms with van der Waals surface area (Å²) in [5, 5.41) is 2.44. The minimum absolute atomic E-state index is 0.0119. The molecule has 0 spiro atoms. The summed E-state index contributed by atoms with van der Waals surface area (Å²) < 4.78 is 40.1. The second-order valence-electron chi connectivity index (χ2n) is 9.27. The van der Waals surface area contributed by atoms with Crippen molar-refractivity contribution in [3.8, 4) is 0 Å². The SMILES string of the molecule is Cc1c(C(C)(C)C)cc(C2CCC(C)(C(F)(F)F)CC2)c2ccccc12. The molecule has 0 saturated heterocycles. The molecule has 3 heteroatoms. The number of halogens is 3. The molecule has 1 saturated carbocycles. The van der Waals surface area contributed by atoms with Crippen LogP contribution in [-0.4, -0.2) is 6.18 Å². The topological polar surface area (TPSA) is 0 Å². The lowest BCUT2D eigenvalue weighted by Gasteiger charge is -2.39. The molecule has 0 nitrogen and oxygen atoms in total. The highest BCUT2D eigenvalue weighted by molar-refractivity contribution is 5.90. The van der Waals surface area contributed by atoms with E-state index in [2.05, 4.69) is 45.9 Å². The molecule has 0 bridgehead atoms. The van der Waals surface area contributed by atoms with Gasteiger partial charge in [-0.1, -0.05) is 58.0 Å². The van der Waals surface area contributed by atoms with Gasteiger partial charge in [-0.15, -0.1) is 0 Å². The van der Waals surface area contributed by atoms with Crippen molar-refractivity contribution in [2.45, 2.75) is 77.8 Å². The van der Waals surface area contributed by atoms with Crippen LogP contribution in [0.1, 0.15) is 76.0 Å². The Bertz CT molecular complexity index is 801. The standard InChI is InChI=1S/C23H29F3/c1-15-17-8-6-7-9-18(17)19(14-20(15)21(2,3)4)16-10-12-22(5,13-11-16)23(24,25)26/h6-9,14,16H,10-13H2,1-5H3. The van der Waals surface area contributed by atoms with Gasteiger partial charge >= 0.3 is 6.18 Å². The van der Waals surface area contributed by atoms with Crippen LogP contribution in [0.2, 0.25) is 0 Å².